The van der Waals surface area contributed by atoms with Crippen LogP contribution in [0.1, 0.15) is 0 Å². The number of hydrogen-bond acceptors (Lipinski definition) is 4. The molecule has 0 spiro atoms. The molecule has 0 heterocycles. The average Bonchev–Trinajstić information content (AvgIpc) is 2.28. The first kappa shape index (κ1) is 13.6. The van der Waals surface area contributed by atoms with Crippen LogP contribution in [0.5, 0.6) is 5.75 Å². The van der Waals surface area contributed by atoms with Crippen molar-refractivity contribution in [2.75, 3.05) is 5.32 Å². The molecule has 0 unspecified atom stereocenters. The minimum atomic E-state index is -3.03. The van der Waals surface area contributed by atoms with Gasteiger partial charge in [-0.2, -0.15) is 8.78 Å². The molecule has 1 rings (SSSR count). The number of nitrogens with one attached hydrogen (secondary N) is 1. The summed E-state index contributed by atoms with van der Waals surface area (Å²) < 4.78 is 28.3. The predicted molar refractivity (Wildman–Crippen MR) is 55.9 cm³/mol. The molecule has 1 aromatic rings. The SMILES string of the molecule is O=C([O-])/C=C/C(=O)Nc1ccccc1OC(F)F. The fourth-order valence-electron chi connectivity index (χ4n) is 1.09. The van der Waals surface area contributed by atoms with Crippen LogP contribution in [0.4, 0.5) is 14.5 Å². The van der Waals surface area contributed by atoms with Crippen LogP contribution < -0.4 is 15.2 Å². The van der Waals surface area contributed by atoms with Gasteiger partial charge in [0.15, 0.2) is 0 Å². The standard InChI is InChI=1S/C11H9F2NO4/c12-11(13)18-8-4-2-1-3-7(8)14-9(15)5-6-10(16)17/h1-6,11H,(H,14,15)(H,16,17)/p-1/b6-5+. The molecule has 0 saturated carbocycles. The van der Waals surface area contributed by atoms with Gasteiger partial charge in [-0.3, -0.25) is 4.79 Å². The number of alkyl halides is 2. The van der Waals surface area contributed by atoms with E-state index in [1.807, 2.05) is 0 Å². The second kappa shape index (κ2) is 6.33. The second-order valence-corrected chi connectivity index (χ2v) is 3.02. The lowest BCUT2D eigenvalue weighted by Crippen LogP contribution is -2.20. The van der Waals surface area contributed by atoms with Crippen LogP contribution >= 0.6 is 0 Å². The van der Waals surface area contributed by atoms with E-state index >= 15 is 0 Å². The Labute approximate surface area is 101 Å². The summed E-state index contributed by atoms with van der Waals surface area (Å²) in [4.78, 5) is 21.3. The van der Waals surface area contributed by atoms with E-state index in [0.717, 1.165) is 0 Å². The quantitative estimate of drug-likeness (QED) is 0.779. The van der Waals surface area contributed by atoms with Gasteiger partial charge in [0.05, 0.1) is 11.7 Å². The molecule has 0 saturated heterocycles. The molecule has 0 aromatic heterocycles. The highest BCUT2D eigenvalue weighted by Gasteiger charge is 2.09. The number of carbonyl (C=O) groups is 2. The molecule has 0 atom stereocenters. The molecule has 96 valence electrons. The van der Waals surface area contributed by atoms with E-state index in [4.69, 9.17) is 0 Å². The first-order valence-corrected chi connectivity index (χ1v) is 4.73. The van der Waals surface area contributed by atoms with E-state index < -0.39 is 18.5 Å². The molecule has 0 aliphatic rings. The molecular weight excluding hydrogens is 248 g/mol. The van der Waals surface area contributed by atoms with Crippen molar-refractivity contribution in [1.82, 2.24) is 0 Å². The van der Waals surface area contributed by atoms with Crippen molar-refractivity contribution in [3.8, 4) is 5.75 Å². The highest BCUT2D eigenvalue weighted by molar-refractivity contribution is 6.02. The summed E-state index contributed by atoms with van der Waals surface area (Å²) in [5, 5.41) is 12.3. The Morgan fingerprint density at radius 3 is 2.56 bits per heavy atom. The van der Waals surface area contributed by atoms with Gasteiger partial charge in [0.2, 0.25) is 5.91 Å². The van der Waals surface area contributed by atoms with Gasteiger partial charge in [0.25, 0.3) is 0 Å². The van der Waals surface area contributed by atoms with Gasteiger partial charge in [-0.05, 0) is 18.2 Å². The van der Waals surface area contributed by atoms with Crippen LogP contribution in [0.2, 0.25) is 0 Å². The number of carboxylic acids is 1. The molecule has 1 aromatic carbocycles. The fraction of sp³-hybridized carbons (Fsp3) is 0.0909. The number of anilines is 1. The fourth-order valence-corrected chi connectivity index (χ4v) is 1.09. The van der Waals surface area contributed by atoms with Crippen LogP contribution in [-0.4, -0.2) is 18.5 Å². The highest BCUT2D eigenvalue weighted by atomic mass is 19.3. The molecule has 18 heavy (non-hydrogen) atoms. The number of amides is 1. The maximum Gasteiger partial charge on any atom is 0.387 e. The number of para-hydroxylation sites is 2. The molecule has 0 bridgehead atoms. The summed E-state index contributed by atoms with van der Waals surface area (Å²) in [5.41, 5.74) is 0.00537. The van der Waals surface area contributed by atoms with Gasteiger partial charge in [-0.1, -0.05) is 12.1 Å². The first-order chi connectivity index (χ1) is 8.49. The summed E-state index contributed by atoms with van der Waals surface area (Å²) in [6.07, 6.45) is 1.22. The van der Waals surface area contributed by atoms with Gasteiger partial charge in [-0.15, -0.1) is 0 Å². The third-order valence-electron chi connectivity index (χ3n) is 1.73. The molecule has 5 nitrogen and oxygen atoms in total. The highest BCUT2D eigenvalue weighted by Crippen LogP contribution is 2.25. The normalized spacial score (nSPS) is 10.6. The van der Waals surface area contributed by atoms with Crippen LogP contribution in [0, 0.1) is 0 Å². The van der Waals surface area contributed by atoms with Crippen molar-refractivity contribution in [1.29, 1.82) is 0 Å². The second-order valence-electron chi connectivity index (χ2n) is 3.02. The Hall–Kier alpha value is -2.44. The zero-order valence-corrected chi connectivity index (χ0v) is 8.93. The third-order valence-corrected chi connectivity index (χ3v) is 1.73. The summed E-state index contributed by atoms with van der Waals surface area (Å²) >= 11 is 0. The Morgan fingerprint density at radius 1 is 1.28 bits per heavy atom. The van der Waals surface area contributed by atoms with Crippen LogP contribution in [0.25, 0.3) is 0 Å². The smallest absolute Gasteiger partial charge is 0.387 e. The van der Waals surface area contributed by atoms with E-state index in [9.17, 15) is 23.5 Å². The largest absolute Gasteiger partial charge is 0.545 e. The minimum absolute atomic E-state index is 0.00537. The molecule has 0 fully saturated rings. The molecule has 0 aliphatic heterocycles. The number of hydrogen-bond donors (Lipinski definition) is 1. The Balaban J connectivity index is 2.77. The maximum atomic E-state index is 12.1. The summed E-state index contributed by atoms with van der Waals surface area (Å²) in [6.45, 7) is -3.03. The van der Waals surface area contributed by atoms with Crippen LogP contribution in [0.15, 0.2) is 36.4 Å². The van der Waals surface area contributed by atoms with E-state index in [1.165, 1.54) is 24.3 Å². The minimum Gasteiger partial charge on any atom is -0.545 e. The molecule has 0 radical (unpaired) electrons. The van der Waals surface area contributed by atoms with E-state index in [1.54, 1.807) is 0 Å². The van der Waals surface area contributed by atoms with E-state index in [-0.39, 0.29) is 11.4 Å². The van der Waals surface area contributed by atoms with Gasteiger partial charge in [0, 0.05) is 6.08 Å². The lowest BCUT2D eigenvalue weighted by molar-refractivity contribution is -0.297. The van der Waals surface area contributed by atoms with Crippen molar-refractivity contribution in [2.45, 2.75) is 6.61 Å². The average molecular weight is 256 g/mol. The van der Waals surface area contributed by atoms with Gasteiger partial charge < -0.3 is 20.0 Å². The van der Waals surface area contributed by atoms with Gasteiger partial charge >= 0.3 is 6.61 Å². The maximum absolute atomic E-state index is 12.1. The summed E-state index contributed by atoms with van der Waals surface area (Å²) in [7, 11) is 0. The predicted octanol–water partition coefficient (Wildman–Crippen LogP) is 0.533. The number of carbonyl (C=O) groups excluding carboxylic acids is 2. The Kier molecular flexibility index (Phi) is 4.79. The van der Waals surface area contributed by atoms with Crippen LogP contribution in [0.3, 0.4) is 0 Å². The van der Waals surface area contributed by atoms with Crippen molar-refractivity contribution in [3.63, 3.8) is 0 Å². The lowest BCUT2D eigenvalue weighted by Gasteiger charge is -2.10. The Morgan fingerprint density at radius 2 is 1.94 bits per heavy atom. The summed E-state index contributed by atoms with van der Waals surface area (Å²) in [5.74, 6) is -2.56. The van der Waals surface area contributed by atoms with Crippen molar-refractivity contribution in [3.05, 3.63) is 36.4 Å². The van der Waals surface area contributed by atoms with Gasteiger partial charge in [-0.25, -0.2) is 0 Å². The van der Waals surface area contributed by atoms with Gasteiger partial charge in [0.1, 0.15) is 5.75 Å². The third kappa shape index (κ3) is 4.60. The molecule has 7 heteroatoms. The van der Waals surface area contributed by atoms with Crippen molar-refractivity contribution >= 4 is 17.6 Å². The zero-order valence-electron chi connectivity index (χ0n) is 8.93. The molecule has 0 aliphatic carbocycles. The molecule has 1 N–H and O–H groups in total. The van der Waals surface area contributed by atoms with Crippen LogP contribution in [-0.2, 0) is 9.59 Å². The van der Waals surface area contributed by atoms with E-state index in [2.05, 4.69) is 10.1 Å². The lowest BCUT2D eigenvalue weighted by atomic mass is 10.3. The Bertz CT molecular complexity index is 474. The number of ether oxygens (including phenoxy) is 1. The zero-order chi connectivity index (χ0) is 13.5. The van der Waals surface area contributed by atoms with Crippen molar-refractivity contribution in [2.24, 2.45) is 0 Å². The first-order valence-electron chi connectivity index (χ1n) is 4.73. The number of halogens is 2. The number of carboxylic acid groups (broad SMARTS) is 1. The topological polar surface area (TPSA) is 78.5 Å². The number of aliphatic carboxylic acids is 1. The summed E-state index contributed by atoms with van der Waals surface area (Å²) in [6, 6.07) is 5.52. The molecule has 1 amide bonds. The number of benzene rings is 1. The molecular formula is C11H8F2NO4-. The number of rotatable bonds is 5. The van der Waals surface area contributed by atoms with E-state index in [0.29, 0.717) is 12.2 Å². The monoisotopic (exact) mass is 256 g/mol. The van der Waals surface area contributed by atoms with Crippen molar-refractivity contribution < 1.29 is 28.2 Å².